The fourth-order valence-electron chi connectivity index (χ4n) is 3.57. The average Bonchev–Trinajstić information content (AvgIpc) is 3.08. The van der Waals surface area contributed by atoms with Gasteiger partial charge in [-0.05, 0) is 25.0 Å². The third-order valence-corrected chi connectivity index (χ3v) is 4.74. The largest absolute Gasteiger partial charge is 0.461 e. The number of rotatable bonds is 4. The van der Waals surface area contributed by atoms with Crippen LogP contribution in [0.1, 0.15) is 38.9 Å². The fourth-order valence-corrected chi connectivity index (χ4v) is 3.57. The molecule has 130 valence electrons. The lowest BCUT2D eigenvalue weighted by Gasteiger charge is -2.21. The Labute approximate surface area is 152 Å². The molecule has 1 aliphatic heterocycles. The van der Waals surface area contributed by atoms with Crippen molar-refractivity contribution in [3.8, 4) is 11.3 Å². The molecule has 4 rings (SSSR count). The monoisotopic (exact) mass is 345 g/mol. The molecule has 0 radical (unpaired) electrons. The maximum Gasteiger partial charge on any atom is 0.354 e. The van der Waals surface area contributed by atoms with Gasteiger partial charge in [0.2, 0.25) is 0 Å². The van der Waals surface area contributed by atoms with Crippen LogP contribution in [0.3, 0.4) is 0 Å². The number of hydrogen-bond acceptors (Lipinski definition) is 3. The van der Waals surface area contributed by atoms with Crippen molar-refractivity contribution in [3.63, 3.8) is 0 Å². The van der Waals surface area contributed by atoms with Crippen molar-refractivity contribution in [3.05, 3.63) is 83.0 Å². The molecule has 0 bridgehead atoms. The number of fused-ring (bicyclic) bond motifs is 3. The number of esters is 1. The second-order valence-electron chi connectivity index (χ2n) is 6.27. The summed E-state index contributed by atoms with van der Waals surface area (Å²) in [7, 11) is 0. The summed E-state index contributed by atoms with van der Waals surface area (Å²) in [4.78, 5) is 25.6. The Morgan fingerprint density at radius 3 is 2.54 bits per heavy atom. The van der Waals surface area contributed by atoms with Gasteiger partial charge in [-0.15, -0.1) is 0 Å². The Morgan fingerprint density at radius 1 is 1.04 bits per heavy atom. The van der Waals surface area contributed by atoms with Gasteiger partial charge in [-0.2, -0.15) is 0 Å². The minimum absolute atomic E-state index is 0.0819. The zero-order valence-corrected chi connectivity index (χ0v) is 14.6. The molecule has 0 unspecified atom stereocenters. The number of carbonyl (C=O) groups excluding carboxylic acids is 2. The van der Waals surface area contributed by atoms with Crippen LogP contribution >= 0.6 is 0 Å². The Kier molecular flexibility index (Phi) is 4.17. The van der Waals surface area contributed by atoms with E-state index in [1.165, 1.54) is 5.56 Å². The van der Waals surface area contributed by atoms with Crippen molar-refractivity contribution in [2.45, 2.75) is 19.9 Å². The lowest BCUT2D eigenvalue weighted by atomic mass is 9.94. The molecular formula is C22H19NO3. The molecular weight excluding hydrogens is 326 g/mol. The number of hydrogen-bond donors (Lipinski definition) is 0. The molecule has 2 aromatic carbocycles. The zero-order valence-electron chi connectivity index (χ0n) is 14.6. The standard InChI is InChI=1S/C22H19NO3/c1-2-26-22(25)19-14-18(21(24)16-9-4-3-5-10-16)20-17-11-7-6-8-15(17)12-13-23(19)20/h3-11,14H,2,12-13H2,1H3. The smallest absolute Gasteiger partial charge is 0.354 e. The van der Waals surface area contributed by atoms with Crippen LogP contribution < -0.4 is 0 Å². The maximum absolute atomic E-state index is 13.2. The highest BCUT2D eigenvalue weighted by atomic mass is 16.5. The summed E-state index contributed by atoms with van der Waals surface area (Å²) in [6.07, 6.45) is 0.823. The number of ether oxygens (including phenoxy) is 1. The molecule has 2 heterocycles. The van der Waals surface area contributed by atoms with E-state index in [9.17, 15) is 9.59 Å². The van der Waals surface area contributed by atoms with Crippen LogP contribution in [-0.2, 0) is 17.7 Å². The third-order valence-electron chi connectivity index (χ3n) is 4.74. The second-order valence-corrected chi connectivity index (χ2v) is 6.27. The van der Waals surface area contributed by atoms with E-state index >= 15 is 0 Å². The molecule has 0 N–H and O–H groups in total. The van der Waals surface area contributed by atoms with Gasteiger partial charge in [-0.25, -0.2) is 4.79 Å². The highest BCUT2D eigenvalue weighted by molar-refractivity contribution is 6.14. The predicted octanol–water partition coefficient (Wildman–Crippen LogP) is 4.12. The van der Waals surface area contributed by atoms with Crippen LogP contribution in [0.15, 0.2) is 60.7 Å². The average molecular weight is 345 g/mol. The van der Waals surface area contributed by atoms with E-state index in [1.807, 2.05) is 41.0 Å². The van der Waals surface area contributed by atoms with Crippen molar-refractivity contribution in [1.82, 2.24) is 4.57 Å². The lowest BCUT2D eigenvalue weighted by Crippen LogP contribution is -2.18. The van der Waals surface area contributed by atoms with E-state index in [4.69, 9.17) is 4.74 Å². The number of benzene rings is 2. The minimum atomic E-state index is -0.389. The van der Waals surface area contributed by atoms with E-state index < -0.39 is 0 Å². The summed E-state index contributed by atoms with van der Waals surface area (Å²) in [5.74, 6) is -0.471. The summed E-state index contributed by atoms with van der Waals surface area (Å²) in [6, 6.07) is 18.9. The van der Waals surface area contributed by atoms with Crippen LogP contribution in [0.4, 0.5) is 0 Å². The molecule has 0 spiro atoms. The molecule has 4 nitrogen and oxygen atoms in total. The summed E-state index contributed by atoms with van der Waals surface area (Å²) in [5, 5.41) is 0. The van der Waals surface area contributed by atoms with Crippen LogP contribution in [0.25, 0.3) is 11.3 Å². The summed E-state index contributed by atoms with van der Waals surface area (Å²) in [6.45, 7) is 2.74. The van der Waals surface area contributed by atoms with Crippen LogP contribution in [0, 0.1) is 0 Å². The molecule has 1 aliphatic rings. The maximum atomic E-state index is 13.2. The van der Waals surface area contributed by atoms with Gasteiger partial charge in [0.15, 0.2) is 5.78 Å². The van der Waals surface area contributed by atoms with E-state index in [2.05, 4.69) is 6.07 Å². The first-order chi connectivity index (χ1) is 12.7. The summed E-state index contributed by atoms with van der Waals surface area (Å²) >= 11 is 0. The van der Waals surface area contributed by atoms with Crippen molar-refractivity contribution >= 4 is 11.8 Å². The number of nitrogens with zero attached hydrogens (tertiary/aromatic N) is 1. The number of aryl methyl sites for hydroxylation is 1. The topological polar surface area (TPSA) is 48.3 Å². The molecule has 0 amide bonds. The first kappa shape index (κ1) is 16.3. The first-order valence-corrected chi connectivity index (χ1v) is 8.79. The van der Waals surface area contributed by atoms with Gasteiger partial charge >= 0.3 is 5.97 Å². The van der Waals surface area contributed by atoms with Gasteiger partial charge in [0.25, 0.3) is 0 Å². The van der Waals surface area contributed by atoms with Crippen LogP contribution in [0.2, 0.25) is 0 Å². The van der Waals surface area contributed by atoms with Crippen LogP contribution in [0.5, 0.6) is 0 Å². The van der Waals surface area contributed by atoms with Crippen molar-refractivity contribution < 1.29 is 14.3 Å². The van der Waals surface area contributed by atoms with Gasteiger partial charge in [-0.3, -0.25) is 4.79 Å². The highest BCUT2D eigenvalue weighted by Gasteiger charge is 2.29. The molecule has 0 atom stereocenters. The van der Waals surface area contributed by atoms with Gasteiger partial charge in [0, 0.05) is 23.2 Å². The molecule has 4 heteroatoms. The first-order valence-electron chi connectivity index (χ1n) is 8.79. The van der Waals surface area contributed by atoms with Crippen molar-refractivity contribution in [1.29, 1.82) is 0 Å². The Balaban J connectivity index is 1.92. The molecule has 0 saturated carbocycles. The van der Waals surface area contributed by atoms with Gasteiger partial charge in [0.05, 0.1) is 12.3 Å². The SMILES string of the molecule is CCOC(=O)c1cc(C(=O)c2ccccc2)c2n1CCc1ccccc1-2. The number of ketones is 1. The van der Waals surface area contributed by atoms with E-state index in [-0.39, 0.29) is 11.8 Å². The van der Waals surface area contributed by atoms with Gasteiger partial charge in [0.1, 0.15) is 5.69 Å². The Hall–Kier alpha value is -3.14. The van der Waals surface area contributed by atoms with E-state index in [0.29, 0.717) is 30.0 Å². The van der Waals surface area contributed by atoms with Crippen molar-refractivity contribution in [2.75, 3.05) is 6.61 Å². The van der Waals surface area contributed by atoms with Gasteiger partial charge in [-0.1, -0.05) is 54.6 Å². The second kappa shape index (κ2) is 6.64. The number of carbonyl (C=O) groups is 2. The minimum Gasteiger partial charge on any atom is -0.461 e. The van der Waals surface area contributed by atoms with E-state index in [1.54, 1.807) is 25.1 Å². The Bertz CT molecular complexity index is 986. The normalized spacial score (nSPS) is 12.2. The van der Waals surface area contributed by atoms with Gasteiger partial charge < -0.3 is 9.30 Å². The molecule has 3 aromatic rings. The third kappa shape index (κ3) is 2.64. The van der Waals surface area contributed by atoms with Crippen LogP contribution in [-0.4, -0.2) is 22.9 Å². The molecule has 0 fully saturated rings. The molecule has 1 aromatic heterocycles. The summed E-state index contributed by atoms with van der Waals surface area (Å²) in [5.41, 5.74) is 4.61. The highest BCUT2D eigenvalue weighted by Crippen LogP contribution is 2.36. The molecule has 26 heavy (non-hydrogen) atoms. The van der Waals surface area contributed by atoms with Crippen molar-refractivity contribution in [2.24, 2.45) is 0 Å². The summed E-state index contributed by atoms with van der Waals surface area (Å²) < 4.78 is 7.14. The van der Waals surface area contributed by atoms with E-state index in [0.717, 1.165) is 17.7 Å². The lowest BCUT2D eigenvalue weighted by molar-refractivity contribution is 0.0514. The zero-order chi connectivity index (χ0) is 18.1. The fraction of sp³-hybridized carbons (Fsp3) is 0.182. The number of aromatic nitrogens is 1. The predicted molar refractivity (Wildman–Crippen MR) is 99.4 cm³/mol. The Morgan fingerprint density at radius 2 is 1.77 bits per heavy atom. The molecule has 0 aliphatic carbocycles. The molecule has 0 saturated heterocycles. The quantitative estimate of drug-likeness (QED) is 0.528.